The van der Waals surface area contributed by atoms with Crippen molar-refractivity contribution in [3.05, 3.63) is 180 Å². The number of para-hydroxylation sites is 4. The van der Waals surface area contributed by atoms with Gasteiger partial charge in [-0.15, -0.1) is 0 Å². The van der Waals surface area contributed by atoms with E-state index >= 15 is 0 Å². The molecule has 52 heavy (non-hydrogen) atoms. The Morgan fingerprint density at radius 1 is 0.346 bits per heavy atom. The van der Waals surface area contributed by atoms with Crippen molar-refractivity contribution in [1.29, 1.82) is 0 Å². The zero-order valence-corrected chi connectivity index (χ0v) is 28.1. The maximum absolute atomic E-state index is 6.92. The summed E-state index contributed by atoms with van der Waals surface area (Å²) >= 11 is 0. The second-order valence-electron chi connectivity index (χ2n) is 14.1. The molecule has 12 rings (SSSR count). The van der Waals surface area contributed by atoms with E-state index in [0.29, 0.717) is 0 Å². The Morgan fingerprint density at radius 2 is 0.692 bits per heavy atom. The molecule has 244 valence electrons. The Labute approximate surface area is 299 Å². The van der Waals surface area contributed by atoms with Gasteiger partial charge in [-0.2, -0.15) is 0 Å². The number of anilines is 6. The molecule has 2 aliphatic rings. The van der Waals surface area contributed by atoms with Gasteiger partial charge in [0.25, 0.3) is 0 Å². The van der Waals surface area contributed by atoms with Crippen LogP contribution < -0.4 is 9.80 Å². The Hall–Kier alpha value is -6.78. The van der Waals surface area contributed by atoms with Crippen LogP contribution in [0.25, 0.3) is 54.6 Å². The summed E-state index contributed by atoms with van der Waals surface area (Å²) in [5.74, 6) is 0. The number of fused-ring (bicyclic) bond motifs is 14. The fourth-order valence-corrected chi connectivity index (χ4v) is 8.96. The van der Waals surface area contributed by atoms with E-state index in [1.807, 2.05) is 0 Å². The smallest absolute Gasteiger partial charge is 0.179 e. The topological polar surface area (TPSA) is 32.8 Å². The first-order valence-corrected chi connectivity index (χ1v) is 17.9. The van der Waals surface area contributed by atoms with Gasteiger partial charge in [0.05, 0.1) is 0 Å². The minimum Gasteiger partial charge on any atom is -0.452 e. The summed E-state index contributed by atoms with van der Waals surface area (Å²) in [6, 6.07) is 56.8. The highest BCUT2D eigenvalue weighted by molar-refractivity contribution is 6.33. The molecule has 0 radical (unpaired) electrons. The molecule has 0 atom stereocenters. The lowest BCUT2D eigenvalue weighted by atomic mass is 9.94. The summed E-state index contributed by atoms with van der Waals surface area (Å²) < 4.78 is 13.8. The zero-order valence-electron chi connectivity index (χ0n) is 28.1. The molecule has 10 aromatic rings. The van der Waals surface area contributed by atoms with Gasteiger partial charge in [-0.1, -0.05) is 97.1 Å². The van der Waals surface area contributed by atoms with E-state index in [2.05, 4.69) is 168 Å². The molecule has 0 unspecified atom stereocenters. The van der Waals surface area contributed by atoms with Crippen molar-refractivity contribution in [3.8, 4) is 0 Å². The molecule has 4 heteroatoms. The van der Waals surface area contributed by atoms with Gasteiger partial charge >= 0.3 is 0 Å². The second-order valence-corrected chi connectivity index (χ2v) is 14.1. The summed E-state index contributed by atoms with van der Waals surface area (Å²) in [6.45, 7) is 0. The van der Waals surface area contributed by atoms with Gasteiger partial charge in [-0.25, -0.2) is 0 Å². The zero-order chi connectivity index (χ0) is 33.9. The van der Waals surface area contributed by atoms with Crippen molar-refractivity contribution in [2.24, 2.45) is 0 Å². The van der Waals surface area contributed by atoms with Gasteiger partial charge < -0.3 is 18.6 Å². The van der Waals surface area contributed by atoms with Crippen LogP contribution in [-0.4, -0.2) is 0 Å². The van der Waals surface area contributed by atoms with Gasteiger partial charge in [-0.05, 0) is 81.6 Å². The normalized spacial score (nSPS) is 13.5. The van der Waals surface area contributed by atoms with E-state index in [9.17, 15) is 0 Å². The number of rotatable bonds is 2. The molecule has 0 saturated carbocycles. The molecular weight excluding hydrogens is 637 g/mol. The number of hydrogen-bond donors (Lipinski definition) is 0. The molecule has 2 aliphatic heterocycles. The molecule has 0 fully saturated rings. The lowest BCUT2D eigenvalue weighted by Gasteiger charge is -2.33. The van der Waals surface area contributed by atoms with Crippen LogP contribution in [-0.2, 0) is 12.8 Å². The number of benzene rings is 8. The minimum absolute atomic E-state index is 0.784. The van der Waals surface area contributed by atoms with E-state index in [-0.39, 0.29) is 0 Å². The molecule has 0 saturated heterocycles. The highest BCUT2D eigenvalue weighted by Gasteiger charge is 2.27. The molecule has 8 aromatic carbocycles. The minimum atomic E-state index is 0.784. The Balaban J connectivity index is 1.09. The molecule has 0 N–H and O–H groups in total. The summed E-state index contributed by atoms with van der Waals surface area (Å²) in [5.41, 5.74) is 15.5. The van der Waals surface area contributed by atoms with Gasteiger partial charge in [-0.3, -0.25) is 0 Å². The molecule has 0 bridgehead atoms. The first-order chi connectivity index (χ1) is 25.8. The van der Waals surface area contributed by atoms with Crippen LogP contribution in [0.4, 0.5) is 34.1 Å². The fraction of sp³-hybridized carbons (Fsp3) is 0.0417. The second kappa shape index (κ2) is 10.4. The maximum Gasteiger partial charge on any atom is 0.179 e. The molecule has 4 nitrogen and oxygen atoms in total. The molecular formula is C48H30N2O2. The van der Waals surface area contributed by atoms with E-state index in [1.165, 1.54) is 45.0 Å². The third kappa shape index (κ3) is 3.81. The van der Waals surface area contributed by atoms with E-state index in [1.54, 1.807) is 0 Å². The van der Waals surface area contributed by atoms with Crippen LogP contribution in [0.3, 0.4) is 0 Å². The maximum atomic E-state index is 6.92. The monoisotopic (exact) mass is 666 g/mol. The van der Waals surface area contributed by atoms with Gasteiger partial charge in [0, 0.05) is 80.6 Å². The summed E-state index contributed by atoms with van der Waals surface area (Å²) in [7, 11) is 0. The van der Waals surface area contributed by atoms with E-state index in [4.69, 9.17) is 8.83 Å². The predicted molar refractivity (Wildman–Crippen MR) is 213 cm³/mol. The van der Waals surface area contributed by atoms with E-state index < -0.39 is 0 Å². The third-order valence-corrected chi connectivity index (χ3v) is 11.2. The van der Waals surface area contributed by atoms with Crippen molar-refractivity contribution in [2.45, 2.75) is 12.8 Å². The number of nitrogens with zero attached hydrogens (tertiary/aromatic N) is 2. The van der Waals surface area contributed by atoms with E-state index in [0.717, 1.165) is 78.9 Å². The largest absolute Gasteiger partial charge is 0.452 e. The summed E-state index contributed by atoms with van der Waals surface area (Å²) in [6.07, 6.45) is 1.84. The standard InChI is InChI=1S/C48H30N2O2/c1-7-17-39-29(11-1)25-30-12-2-8-18-40(30)49(39)33-21-23-37-43(27-33)51-47-45(37)35-15-5-6-16-36(35)46-38-24-22-34(28-44(38)52-48(46)47)50-41-19-9-3-13-31(41)26-32-14-4-10-20-42(32)50/h1-24,27-28H,25-26H2. The first-order valence-electron chi connectivity index (χ1n) is 17.9. The lowest BCUT2D eigenvalue weighted by molar-refractivity contribution is 0.633. The quantitative estimate of drug-likeness (QED) is 0.184. The SMILES string of the molecule is c1ccc2c(c1)Cc1ccccc1N2c1ccc2c(c1)oc1c3oc4cc(N5c6ccccc6Cc6ccccc65)ccc4c3c3ccccc3c21. The first kappa shape index (κ1) is 28.0. The van der Waals surface area contributed by atoms with Crippen molar-refractivity contribution in [1.82, 2.24) is 0 Å². The van der Waals surface area contributed by atoms with Gasteiger partial charge in [0.15, 0.2) is 11.2 Å². The Kier molecular flexibility index (Phi) is 5.58. The van der Waals surface area contributed by atoms with Crippen LogP contribution >= 0.6 is 0 Å². The van der Waals surface area contributed by atoms with Crippen LogP contribution in [0.5, 0.6) is 0 Å². The van der Waals surface area contributed by atoms with Gasteiger partial charge in [0.1, 0.15) is 11.2 Å². The van der Waals surface area contributed by atoms with Gasteiger partial charge in [0.2, 0.25) is 0 Å². The molecule has 4 heterocycles. The predicted octanol–water partition coefficient (Wildman–Crippen LogP) is 13.4. The highest BCUT2D eigenvalue weighted by Crippen LogP contribution is 2.50. The third-order valence-electron chi connectivity index (χ3n) is 11.2. The Bertz CT molecular complexity index is 2810. The fourth-order valence-electron chi connectivity index (χ4n) is 8.96. The van der Waals surface area contributed by atoms with Crippen LogP contribution in [0.1, 0.15) is 22.3 Å². The van der Waals surface area contributed by atoms with Crippen molar-refractivity contribution in [3.63, 3.8) is 0 Å². The average Bonchev–Trinajstić information content (AvgIpc) is 3.78. The van der Waals surface area contributed by atoms with Crippen LogP contribution in [0.15, 0.2) is 167 Å². The van der Waals surface area contributed by atoms with Crippen molar-refractivity contribution in [2.75, 3.05) is 9.80 Å². The van der Waals surface area contributed by atoms with Crippen molar-refractivity contribution >= 4 is 88.8 Å². The Morgan fingerprint density at radius 3 is 1.08 bits per heavy atom. The highest BCUT2D eigenvalue weighted by atomic mass is 16.4. The number of hydrogen-bond acceptors (Lipinski definition) is 4. The lowest BCUT2D eigenvalue weighted by Crippen LogP contribution is -2.18. The molecule has 0 amide bonds. The van der Waals surface area contributed by atoms with Crippen LogP contribution in [0, 0.1) is 0 Å². The summed E-state index contributed by atoms with van der Waals surface area (Å²) in [5, 5.41) is 6.66. The van der Waals surface area contributed by atoms with Crippen molar-refractivity contribution < 1.29 is 8.83 Å². The van der Waals surface area contributed by atoms with Crippen LogP contribution in [0.2, 0.25) is 0 Å². The molecule has 2 aromatic heterocycles. The summed E-state index contributed by atoms with van der Waals surface area (Å²) in [4.78, 5) is 4.74. The molecule has 0 spiro atoms. The number of furan rings is 2. The molecule has 0 aliphatic carbocycles. The average molecular weight is 667 g/mol.